The minimum absolute atomic E-state index is 0.223. The molecule has 0 aliphatic heterocycles. The molecule has 0 N–H and O–H groups in total. The highest BCUT2D eigenvalue weighted by molar-refractivity contribution is 5.50. The van der Waals surface area contributed by atoms with Crippen molar-refractivity contribution in [3.8, 4) is 5.75 Å². The number of ether oxygens (including phenoxy) is 1. The third-order valence-corrected chi connectivity index (χ3v) is 1.42. The maximum atomic E-state index is 11.7. The summed E-state index contributed by atoms with van der Waals surface area (Å²) in [6.07, 6.45) is -1.40. The molecule has 1 nitrogen and oxygen atoms in total. The Morgan fingerprint density at radius 2 is 1.71 bits per heavy atom. The van der Waals surface area contributed by atoms with Gasteiger partial charge in [0.2, 0.25) is 0 Å². The van der Waals surface area contributed by atoms with Gasteiger partial charge in [0.1, 0.15) is 5.75 Å². The van der Waals surface area contributed by atoms with Gasteiger partial charge in [-0.2, -0.15) is 0 Å². The fourth-order valence-corrected chi connectivity index (χ4v) is 0.917. The molecule has 0 amide bonds. The lowest BCUT2D eigenvalue weighted by Gasteiger charge is -2.08. The highest BCUT2D eigenvalue weighted by atomic mass is 19.4. The first-order valence-corrected chi connectivity index (χ1v) is 3.83. The second kappa shape index (κ2) is 4.17. The molecule has 0 aromatic heterocycles. The summed E-state index contributed by atoms with van der Waals surface area (Å²) in [5.41, 5.74) is 0.773. The Balaban J connectivity index is 2.74. The molecule has 0 aliphatic carbocycles. The van der Waals surface area contributed by atoms with Crippen LogP contribution in [-0.4, -0.2) is 6.36 Å². The maximum Gasteiger partial charge on any atom is 0.573 e. The molecule has 0 atom stereocenters. The molecule has 4 heteroatoms. The van der Waals surface area contributed by atoms with Crippen molar-refractivity contribution in [3.63, 3.8) is 0 Å². The Labute approximate surface area is 79.8 Å². The van der Waals surface area contributed by atoms with Crippen LogP contribution >= 0.6 is 0 Å². The van der Waals surface area contributed by atoms with E-state index in [9.17, 15) is 13.2 Å². The van der Waals surface area contributed by atoms with Crippen LogP contribution in [0.3, 0.4) is 0 Å². The van der Waals surface area contributed by atoms with Gasteiger partial charge in [-0.05, 0) is 24.6 Å². The lowest BCUT2D eigenvalue weighted by molar-refractivity contribution is -0.274. The van der Waals surface area contributed by atoms with Gasteiger partial charge in [0.15, 0.2) is 0 Å². The molecular weight excluding hydrogens is 193 g/mol. The monoisotopic (exact) mass is 201 g/mol. The largest absolute Gasteiger partial charge is 0.573 e. The van der Waals surface area contributed by atoms with Crippen molar-refractivity contribution in [3.05, 3.63) is 42.8 Å². The van der Waals surface area contributed by atoms with Gasteiger partial charge in [-0.3, -0.25) is 0 Å². The second-order valence-corrected chi connectivity index (χ2v) is 2.52. The van der Waals surface area contributed by atoms with Crippen LogP contribution in [0.4, 0.5) is 13.2 Å². The first-order chi connectivity index (χ1) is 6.51. The molecule has 0 heterocycles. The predicted molar refractivity (Wildman–Crippen MR) is 47.5 cm³/mol. The number of halogens is 3. The molecule has 0 saturated heterocycles. The van der Waals surface area contributed by atoms with E-state index in [0.717, 1.165) is 5.56 Å². The highest BCUT2D eigenvalue weighted by Crippen LogP contribution is 2.22. The zero-order valence-electron chi connectivity index (χ0n) is 7.21. The molecule has 0 bridgehead atoms. The summed E-state index contributed by atoms with van der Waals surface area (Å²) in [5.74, 6) is -0.223. The molecule has 0 spiro atoms. The summed E-state index contributed by atoms with van der Waals surface area (Å²) in [7, 11) is 0. The topological polar surface area (TPSA) is 9.23 Å². The van der Waals surface area contributed by atoms with Gasteiger partial charge in [0, 0.05) is 0 Å². The predicted octanol–water partition coefficient (Wildman–Crippen LogP) is 3.43. The summed E-state index contributed by atoms with van der Waals surface area (Å²) in [6.45, 7) is 3.47. The van der Waals surface area contributed by atoms with Crippen molar-refractivity contribution in [2.24, 2.45) is 0 Å². The first kappa shape index (κ1) is 10.6. The molecule has 1 radical (unpaired) electrons. The molecule has 0 aliphatic rings. The van der Waals surface area contributed by atoms with Crippen LogP contribution in [0.2, 0.25) is 0 Å². The van der Waals surface area contributed by atoms with E-state index in [1.165, 1.54) is 24.3 Å². The van der Waals surface area contributed by atoms with Crippen LogP contribution in [0.1, 0.15) is 5.56 Å². The van der Waals surface area contributed by atoms with Crippen LogP contribution in [0, 0.1) is 6.92 Å². The molecule has 0 fully saturated rings. The Bertz CT molecular complexity index is 311. The third-order valence-electron chi connectivity index (χ3n) is 1.42. The van der Waals surface area contributed by atoms with Crippen LogP contribution in [0.25, 0.3) is 6.08 Å². The van der Waals surface area contributed by atoms with E-state index in [1.807, 2.05) is 0 Å². The maximum absolute atomic E-state index is 11.7. The van der Waals surface area contributed by atoms with Crippen LogP contribution in [-0.2, 0) is 0 Å². The number of alkyl halides is 3. The number of allylic oxidation sites excluding steroid dienone is 1. The lowest BCUT2D eigenvalue weighted by Crippen LogP contribution is -2.16. The van der Waals surface area contributed by atoms with E-state index >= 15 is 0 Å². The van der Waals surface area contributed by atoms with Crippen LogP contribution in [0.15, 0.2) is 30.3 Å². The molecule has 1 rings (SSSR count). The minimum atomic E-state index is -4.64. The average Bonchev–Trinajstić information content (AvgIpc) is 2.06. The van der Waals surface area contributed by atoms with Gasteiger partial charge in [-0.1, -0.05) is 24.3 Å². The van der Waals surface area contributed by atoms with E-state index in [0.29, 0.717) is 0 Å². The normalized spacial score (nSPS) is 12.0. The molecule has 14 heavy (non-hydrogen) atoms. The smallest absolute Gasteiger partial charge is 0.406 e. The van der Waals surface area contributed by atoms with Gasteiger partial charge in [-0.15, -0.1) is 13.2 Å². The fraction of sp³-hybridized carbons (Fsp3) is 0.100. The van der Waals surface area contributed by atoms with Crippen LogP contribution in [0.5, 0.6) is 5.75 Å². The first-order valence-electron chi connectivity index (χ1n) is 3.83. The Kier molecular flexibility index (Phi) is 3.17. The Hall–Kier alpha value is -1.45. The van der Waals surface area contributed by atoms with E-state index < -0.39 is 6.36 Å². The molecule has 1 aromatic carbocycles. The zero-order valence-corrected chi connectivity index (χ0v) is 7.21. The summed E-state index contributed by atoms with van der Waals surface area (Å²) in [6, 6.07) is 5.54. The number of hydrogen-bond acceptors (Lipinski definition) is 1. The molecular formula is C10H8F3O. The molecule has 0 saturated carbocycles. The summed E-state index contributed by atoms with van der Waals surface area (Å²) >= 11 is 0. The van der Waals surface area contributed by atoms with E-state index in [1.54, 1.807) is 12.2 Å². The van der Waals surface area contributed by atoms with Crippen LogP contribution < -0.4 is 4.74 Å². The minimum Gasteiger partial charge on any atom is -0.406 e. The number of benzene rings is 1. The van der Waals surface area contributed by atoms with E-state index in [4.69, 9.17) is 0 Å². The molecule has 75 valence electrons. The van der Waals surface area contributed by atoms with Gasteiger partial charge < -0.3 is 4.74 Å². The van der Waals surface area contributed by atoms with Crippen molar-refractivity contribution in [1.82, 2.24) is 0 Å². The number of rotatable bonds is 2. The van der Waals surface area contributed by atoms with Gasteiger partial charge in [-0.25, -0.2) is 0 Å². The Morgan fingerprint density at radius 1 is 1.14 bits per heavy atom. The van der Waals surface area contributed by atoms with Crippen molar-refractivity contribution < 1.29 is 17.9 Å². The zero-order chi connectivity index (χ0) is 10.6. The third kappa shape index (κ3) is 3.51. The fourth-order valence-electron chi connectivity index (χ4n) is 0.917. The van der Waals surface area contributed by atoms with Crippen molar-refractivity contribution in [2.45, 2.75) is 6.36 Å². The highest BCUT2D eigenvalue weighted by Gasteiger charge is 2.30. The van der Waals surface area contributed by atoms with Crippen molar-refractivity contribution in [1.29, 1.82) is 0 Å². The summed E-state index contributed by atoms with van der Waals surface area (Å²) in [5, 5.41) is 0. The number of hydrogen-bond donors (Lipinski definition) is 0. The lowest BCUT2D eigenvalue weighted by atomic mass is 10.2. The van der Waals surface area contributed by atoms with E-state index in [-0.39, 0.29) is 5.75 Å². The van der Waals surface area contributed by atoms with Crippen molar-refractivity contribution in [2.75, 3.05) is 0 Å². The summed E-state index contributed by atoms with van der Waals surface area (Å²) in [4.78, 5) is 0. The molecule has 1 aromatic rings. The Morgan fingerprint density at radius 3 is 2.14 bits per heavy atom. The van der Waals surface area contributed by atoms with Gasteiger partial charge >= 0.3 is 6.36 Å². The molecule has 0 unspecified atom stereocenters. The van der Waals surface area contributed by atoms with E-state index in [2.05, 4.69) is 11.7 Å². The summed E-state index contributed by atoms with van der Waals surface area (Å²) < 4.78 is 38.9. The second-order valence-electron chi connectivity index (χ2n) is 2.52. The van der Waals surface area contributed by atoms with Gasteiger partial charge in [0.05, 0.1) is 0 Å². The quantitative estimate of drug-likeness (QED) is 0.712. The SMILES string of the molecule is [CH2]/C=C/c1ccc(OC(F)(F)F)cc1. The average molecular weight is 201 g/mol. The van der Waals surface area contributed by atoms with Crippen molar-refractivity contribution >= 4 is 6.08 Å². The standard InChI is InChI=1S/C10H8F3O/c1-2-3-8-4-6-9(7-5-8)14-10(11,12)13/h2-7H,1H2/b3-2+. The van der Waals surface area contributed by atoms with Gasteiger partial charge in [0.25, 0.3) is 0 Å².